The molecule has 1 amide bonds. The standard InChI is InChI=1S/C13H18Cl2N2OS/c1-13(2,3)19-5-4-11(18)17-12-9(15)6-8(14)7-10(12)16/h6-7H,4-5,16H2,1-3H3,(H,17,18). The summed E-state index contributed by atoms with van der Waals surface area (Å²) in [6.07, 6.45) is 0.417. The van der Waals surface area contributed by atoms with Crippen molar-refractivity contribution in [2.45, 2.75) is 31.9 Å². The van der Waals surface area contributed by atoms with Crippen molar-refractivity contribution in [2.75, 3.05) is 16.8 Å². The van der Waals surface area contributed by atoms with Gasteiger partial charge in [0.15, 0.2) is 0 Å². The van der Waals surface area contributed by atoms with Gasteiger partial charge in [-0.1, -0.05) is 44.0 Å². The lowest BCUT2D eigenvalue weighted by molar-refractivity contribution is -0.115. The Morgan fingerprint density at radius 2 is 2.00 bits per heavy atom. The third kappa shape index (κ3) is 5.93. The fourth-order valence-corrected chi connectivity index (χ4v) is 2.83. The summed E-state index contributed by atoms with van der Waals surface area (Å²) in [5, 5.41) is 3.52. The molecular formula is C13H18Cl2N2OS. The summed E-state index contributed by atoms with van der Waals surface area (Å²) in [5.74, 6) is 0.646. The van der Waals surface area contributed by atoms with Gasteiger partial charge in [-0.2, -0.15) is 11.8 Å². The summed E-state index contributed by atoms with van der Waals surface area (Å²) in [7, 11) is 0. The molecule has 0 spiro atoms. The Balaban J connectivity index is 2.58. The largest absolute Gasteiger partial charge is 0.397 e. The van der Waals surface area contributed by atoms with E-state index in [9.17, 15) is 4.79 Å². The molecule has 0 heterocycles. The lowest BCUT2D eigenvalue weighted by Gasteiger charge is -2.17. The fraction of sp³-hybridized carbons (Fsp3) is 0.462. The van der Waals surface area contributed by atoms with Gasteiger partial charge in [0.05, 0.1) is 16.4 Å². The number of anilines is 2. The number of carbonyl (C=O) groups excluding carboxylic acids is 1. The van der Waals surface area contributed by atoms with Crippen LogP contribution in [0.1, 0.15) is 27.2 Å². The number of carbonyl (C=O) groups is 1. The second-order valence-electron chi connectivity index (χ2n) is 5.11. The van der Waals surface area contributed by atoms with Gasteiger partial charge in [0.2, 0.25) is 5.91 Å². The molecule has 19 heavy (non-hydrogen) atoms. The summed E-state index contributed by atoms with van der Waals surface area (Å²) >= 11 is 13.6. The Bertz CT molecular complexity index is 449. The first-order chi connectivity index (χ1) is 8.69. The fourth-order valence-electron chi connectivity index (χ4n) is 1.38. The van der Waals surface area contributed by atoms with E-state index in [2.05, 4.69) is 26.1 Å². The lowest BCUT2D eigenvalue weighted by atomic mass is 10.2. The molecule has 3 nitrogen and oxygen atoms in total. The van der Waals surface area contributed by atoms with Crippen molar-refractivity contribution in [1.29, 1.82) is 0 Å². The first-order valence-electron chi connectivity index (χ1n) is 5.87. The molecule has 0 fully saturated rings. The van der Waals surface area contributed by atoms with Crippen molar-refractivity contribution in [3.05, 3.63) is 22.2 Å². The maximum absolute atomic E-state index is 11.8. The SMILES string of the molecule is CC(C)(C)SCCC(=O)Nc1c(N)cc(Cl)cc1Cl. The normalized spacial score (nSPS) is 11.4. The third-order valence-electron chi connectivity index (χ3n) is 2.21. The van der Waals surface area contributed by atoms with Crippen LogP contribution in [0.25, 0.3) is 0 Å². The van der Waals surface area contributed by atoms with E-state index >= 15 is 0 Å². The van der Waals surface area contributed by atoms with Crippen molar-refractivity contribution in [3.8, 4) is 0 Å². The van der Waals surface area contributed by atoms with Crippen LogP contribution in [0, 0.1) is 0 Å². The molecule has 0 aliphatic heterocycles. The second kappa shape index (κ2) is 6.73. The molecule has 0 aromatic heterocycles. The predicted octanol–water partition coefficient (Wildman–Crippen LogP) is 4.44. The molecule has 3 N–H and O–H groups in total. The quantitative estimate of drug-likeness (QED) is 0.806. The van der Waals surface area contributed by atoms with Crippen LogP contribution in [-0.4, -0.2) is 16.4 Å². The van der Waals surface area contributed by atoms with Crippen molar-refractivity contribution >= 4 is 52.2 Å². The zero-order valence-electron chi connectivity index (χ0n) is 11.2. The number of hydrogen-bond donors (Lipinski definition) is 2. The number of rotatable bonds is 4. The average molecular weight is 321 g/mol. The molecule has 0 aliphatic rings. The van der Waals surface area contributed by atoms with E-state index in [0.29, 0.717) is 27.8 Å². The number of halogens is 2. The van der Waals surface area contributed by atoms with E-state index in [1.54, 1.807) is 23.9 Å². The van der Waals surface area contributed by atoms with E-state index in [1.807, 2.05) is 0 Å². The van der Waals surface area contributed by atoms with Crippen molar-refractivity contribution in [1.82, 2.24) is 0 Å². The molecule has 0 saturated heterocycles. The van der Waals surface area contributed by atoms with Gasteiger partial charge in [-0.15, -0.1) is 0 Å². The molecule has 0 saturated carbocycles. The topological polar surface area (TPSA) is 55.1 Å². The van der Waals surface area contributed by atoms with Gasteiger partial charge < -0.3 is 11.1 Å². The van der Waals surface area contributed by atoms with Crippen molar-refractivity contribution in [3.63, 3.8) is 0 Å². The maximum Gasteiger partial charge on any atom is 0.225 e. The highest BCUT2D eigenvalue weighted by Crippen LogP contribution is 2.32. The van der Waals surface area contributed by atoms with Crippen LogP contribution in [0.5, 0.6) is 0 Å². The first-order valence-corrected chi connectivity index (χ1v) is 7.61. The van der Waals surface area contributed by atoms with Crippen LogP contribution >= 0.6 is 35.0 Å². The molecule has 0 radical (unpaired) electrons. The van der Waals surface area contributed by atoms with E-state index in [1.165, 1.54) is 0 Å². The minimum Gasteiger partial charge on any atom is -0.397 e. The van der Waals surface area contributed by atoms with Gasteiger partial charge >= 0.3 is 0 Å². The van der Waals surface area contributed by atoms with Crippen LogP contribution in [-0.2, 0) is 4.79 Å². The minimum absolute atomic E-state index is 0.104. The Kier molecular flexibility index (Phi) is 5.83. The summed E-state index contributed by atoms with van der Waals surface area (Å²) in [6, 6.07) is 3.12. The summed E-state index contributed by atoms with van der Waals surface area (Å²) in [5.41, 5.74) is 6.58. The highest BCUT2D eigenvalue weighted by Gasteiger charge is 2.13. The zero-order chi connectivity index (χ0) is 14.6. The Hall–Kier alpha value is -0.580. The molecule has 1 aromatic carbocycles. The number of amides is 1. The van der Waals surface area contributed by atoms with Gasteiger partial charge in [0, 0.05) is 21.9 Å². The molecular weight excluding hydrogens is 303 g/mol. The molecule has 1 aromatic rings. The number of thioether (sulfide) groups is 1. The highest BCUT2D eigenvalue weighted by atomic mass is 35.5. The number of benzene rings is 1. The average Bonchev–Trinajstić information content (AvgIpc) is 2.21. The molecule has 1 rings (SSSR count). The summed E-state index contributed by atoms with van der Waals surface area (Å²) in [6.45, 7) is 6.34. The van der Waals surface area contributed by atoms with Crippen LogP contribution in [0.4, 0.5) is 11.4 Å². The van der Waals surface area contributed by atoms with Gasteiger partial charge in [-0.25, -0.2) is 0 Å². The van der Waals surface area contributed by atoms with Crippen LogP contribution in [0.15, 0.2) is 12.1 Å². The lowest BCUT2D eigenvalue weighted by Crippen LogP contribution is -2.16. The predicted molar refractivity (Wildman–Crippen MR) is 86.3 cm³/mol. The van der Waals surface area contributed by atoms with Gasteiger partial charge in [-0.3, -0.25) is 4.79 Å². The van der Waals surface area contributed by atoms with Gasteiger partial charge in [0.1, 0.15) is 0 Å². The van der Waals surface area contributed by atoms with Gasteiger partial charge in [0.25, 0.3) is 0 Å². The number of hydrogen-bond acceptors (Lipinski definition) is 3. The molecule has 0 unspecified atom stereocenters. The Labute approximate surface area is 128 Å². The smallest absolute Gasteiger partial charge is 0.225 e. The molecule has 0 atom stereocenters. The van der Waals surface area contributed by atoms with E-state index in [-0.39, 0.29) is 10.7 Å². The monoisotopic (exact) mass is 320 g/mol. The minimum atomic E-state index is -0.104. The van der Waals surface area contributed by atoms with E-state index < -0.39 is 0 Å². The third-order valence-corrected chi connectivity index (χ3v) is 4.00. The van der Waals surface area contributed by atoms with Crippen LogP contribution in [0.2, 0.25) is 10.0 Å². The number of nitrogens with two attached hydrogens (primary N) is 1. The van der Waals surface area contributed by atoms with Gasteiger partial charge in [-0.05, 0) is 12.1 Å². The highest BCUT2D eigenvalue weighted by molar-refractivity contribution is 8.00. The summed E-state index contributed by atoms with van der Waals surface area (Å²) in [4.78, 5) is 11.8. The van der Waals surface area contributed by atoms with E-state index in [4.69, 9.17) is 28.9 Å². The molecule has 0 bridgehead atoms. The summed E-state index contributed by atoms with van der Waals surface area (Å²) < 4.78 is 0.150. The second-order valence-corrected chi connectivity index (χ2v) is 7.88. The first kappa shape index (κ1) is 16.5. The maximum atomic E-state index is 11.8. The van der Waals surface area contributed by atoms with Crippen molar-refractivity contribution in [2.24, 2.45) is 0 Å². The van der Waals surface area contributed by atoms with Crippen LogP contribution < -0.4 is 11.1 Å². The molecule has 6 heteroatoms. The number of nitrogen functional groups attached to an aromatic ring is 1. The van der Waals surface area contributed by atoms with Crippen molar-refractivity contribution < 1.29 is 4.79 Å². The zero-order valence-corrected chi connectivity index (χ0v) is 13.5. The van der Waals surface area contributed by atoms with Crippen LogP contribution in [0.3, 0.4) is 0 Å². The molecule has 106 valence electrons. The van der Waals surface area contributed by atoms with E-state index in [0.717, 1.165) is 5.75 Å². The molecule has 0 aliphatic carbocycles. The Morgan fingerprint density at radius 3 is 2.53 bits per heavy atom. The Morgan fingerprint density at radius 1 is 1.37 bits per heavy atom. The number of nitrogens with one attached hydrogen (secondary N) is 1.